The lowest BCUT2D eigenvalue weighted by atomic mass is 10.2. The fourth-order valence-electron chi connectivity index (χ4n) is 0.895. The SMILES string of the molecule is N#Cc1cc(F)c(Br)cc1OCC(F)(F)F. The number of hydrogen-bond acceptors (Lipinski definition) is 2. The molecule has 2 nitrogen and oxygen atoms in total. The molecule has 0 aliphatic carbocycles. The summed E-state index contributed by atoms with van der Waals surface area (Å²) < 4.78 is 52.9. The maximum absolute atomic E-state index is 12.9. The molecule has 0 atom stereocenters. The van der Waals surface area contributed by atoms with Crippen LogP contribution in [0.2, 0.25) is 0 Å². The van der Waals surface area contributed by atoms with E-state index in [2.05, 4.69) is 20.7 Å². The number of nitrogens with zero attached hydrogens (tertiary/aromatic N) is 1. The zero-order chi connectivity index (χ0) is 12.3. The van der Waals surface area contributed by atoms with Gasteiger partial charge in [-0.2, -0.15) is 18.4 Å². The van der Waals surface area contributed by atoms with Crippen molar-refractivity contribution in [1.82, 2.24) is 0 Å². The van der Waals surface area contributed by atoms with E-state index >= 15 is 0 Å². The summed E-state index contributed by atoms with van der Waals surface area (Å²) in [4.78, 5) is 0. The van der Waals surface area contributed by atoms with Crippen molar-refractivity contribution in [3.05, 3.63) is 28.0 Å². The van der Waals surface area contributed by atoms with Crippen LogP contribution in [-0.4, -0.2) is 12.8 Å². The van der Waals surface area contributed by atoms with Crippen molar-refractivity contribution in [3.63, 3.8) is 0 Å². The van der Waals surface area contributed by atoms with Crippen molar-refractivity contribution in [2.75, 3.05) is 6.61 Å². The molecule has 0 heterocycles. The highest BCUT2D eigenvalue weighted by molar-refractivity contribution is 9.10. The summed E-state index contributed by atoms with van der Waals surface area (Å²) >= 11 is 2.78. The van der Waals surface area contributed by atoms with Crippen LogP contribution in [-0.2, 0) is 0 Å². The number of benzene rings is 1. The Balaban J connectivity index is 2.96. The van der Waals surface area contributed by atoms with E-state index in [9.17, 15) is 17.6 Å². The predicted molar refractivity (Wildman–Crippen MR) is 50.4 cm³/mol. The Morgan fingerprint density at radius 2 is 2.00 bits per heavy atom. The molecule has 0 amide bonds. The molecule has 7 heteroatoms. The molecule has 1 aromatic carbocycles. The average Bonchev–Trinajstić information content (AvgIpc) is 2.18. The molecule has 0 aromatic heterocycles. The second-order valence-electron chi connectivity index (χ2n) is 2.78. The second-order valence-corrected chi connectivity index (χ2v) is 3.63. The molecule has 0 aliphatic heterocycles. The first kappa shape index (κ1) is 12.8. The van der Waals surface area contributed by atoms with Crippen LogP contribution in [0.4, 0.5) is 17.6 Å². The molecule has 0 bridgehead atoms. The van der Waals surface area contributed by atoms with Gasteiger partial charge in [0.25, 0.3) is 0 Å². The summed E-state index contributed by atoms with van der Waals surface area (Å²) in [6.07, 6.45) is -4.51. The summed E-state index contributed by atoms with van der Waals surface area (Å²) in [7, 11) is 0. The lowest BCUT2D eigenvalue weighted by Gasteiger charge is -2.10. The maximum atomic E-state index is 12.9. The highest BCUT2D eigenvalue weighted by atomic mass is 79.9. The predicted octanol–water partition coefficient (Wildman–Crippen LogP) is 3.40. The maximum Gasteiger partial charge on any atom is 0.422 e. The van der Waals surface area contributed by atoms with E-state index in [1.807, 2.05) is 0 Å². The molecule has 0 N–H and O–H groups in total. The van der Waals surface area contributed by atoms with Gasteiger partial charge in [-0.1, -0.05) is 0 Å². The molecule has 0 radical (unpaired) electrons. The number of hydrogen-bond donors (Lipinski definition) is 0. The summed E-state index contributed by atoms with van der Waals surface area (Å²) in [5, 5.41) is 8.57. The van der Waals surface area contributed by atoms with Crippen molar-refractivity contribution in [2.45, 2.75) is 6.18 Å². The monoisotopic (exact) mass is 297 g/mol. The molecule has 1 rings (SSSR count). The Bertz CT molecular complexity index is 438. The fourth-order valence-corrected chi connectivity index (χ4v) is 1.22. The second kappa shape index (κ2) is 4.70. The largest absolute Gasteiger partial charge is 0.483 e. The third-order valence-electron chi connectivity index (χ3n) is 1.53. The molecular weight excluding hydrogens is 294 g/mol. The molecule has 0 spiro atoms. The summed E-state index contributed by atoms with van der Waals surface area (Å²) in [5.74, 6) is -1.05. The van der Waals surface area contributed by atoms with E-state index in [0.29, 0.717) is 0 Å². The van der Waals surface area contributed by atoms with Crippen LogP contribution in [0.25, 0.3) is 0 Å². The zero-order valence-electron chi connectivity index (χ0n) is 7.61. The Morgan fingerprint density at radius 1 is 1.38 bits per heavy atom. The van der Waals surface area contributed by atoms with Gasteiger partial charge in [0.05, 0.1) is 10.0 Å². The standard InChI is InChI=1S/C9H4BrF4NO/c10-6-2-8(16-4-9(12,13)14)5(3-15)1-7(6)11/h1-2H,4H2. The highest BCUT2D eigenvalue weighted by Crippen LogP contribution is 2.27. The molecule has 16 heavy (non-hydrogen) atoms. The van der Waals surface area contributed by atoms with Crippen LogP contribution >= 0.6 is 15.9 Å². The molecule has 0 fully saturated rings. The lowest BCUT2D eigenvalue weighted by Crippen LogP contribution is -2.19. The van der Waals surface area contributed by atoms with Crippen LogP contribution < -0.4 is 4.74 Å². The number of ether oxygens (including phenoxy) is 1. The molecule has 0 aliphatic rings. The van der Waals surface area contributed by atoms with Gasteiger partial charge in [-0.25, -0.2) is 4.39 Å². The molecule has 86 valence electrons. The van der Waals surface area contributed by atoms with Gasteiger partial charge in [0.1, 0.15) is 17.6 Å². The number of alkyl halides is 3. The van der Waals surface area contributed by atoms with E-state index in [0.717, 1.165) is 12.1 Å². The molecular formula is C9H4BrF4NO. The summed E-state index contributed by atoms with van der Waals surface area (Å²) in [6, 6.07) is 3.33. The Morgan fingerprint density at radius 3 is 2.50 bits per heavy atom. The molecule has 1 aromatic rings. The topological polar surface area (TPSA) is 33.0 Å². The first-order valence-electron chi connectivity index (χ1n) is 3.92. The van der Waals surface area contributed by atoms with Gasteiger partial charge in [0, 0.05) is 0 Å². The van der Waals surface area contributed by atoms with Crippen LogP contribution in [0, 0.1) is 17.1 Å². The Kier molecular flexibility index (Phi) is 3.75. The molecule has 0 saturated heterocycles. The third kappa shape index (κ3) is 3.38. The van der Waals surface area contributed by atoms with E-state index in [1.165, 1.54) is 0 Å². The van der Waals surface area contributed by atoms with E-state index in [1.54, 1.807) is 6.07 Å². The van der Waals surface area contributed by atoms with Crippen molar-refractivity contribution in [2.24, 2.45) is 0 Å². The van der Waals surface area contributed by atoms with Crippen molar-refractivity contribution in [3.8, 4) is 11.8 Å². The minimum Gasteiger partial charge on any atom is -0.483 e. The van der Waals surface area contributed by atoms with Crippen LogP contribution in [0.3, 0.4) is 0 Å². The zero-order valence-corrected chi connectivity index (χ0v) is 9.19. The highest BCUT2D eigenvalue weighted by Gasteiger charge is 2.29. The normalized spacial score (nSPS) is 11.0. The first-order valence-corrected chi connectivity index (χ1v) is 4.71. The van der Waals surface area contributed by atoms with Crippen LogP contribution in [0.1, 0.15) is 5.56 Å². The van der Waals surface area contributed by atoms with E-state index in [-0.39, 0.29) is 15.8 Å². The van der Waals surface area contributed by atoms with Crippen LogP contribution in [0.15, 0.2) is 16.6 Å². The van der Waals surface area contributed by atoms with Gasteiger partial charge in [0.2, 0.25) is 0 Å². The summed E-state index contributed by atoms with van der Waals surface area (Å²) in [5.41, 5.74) is -0.287. The lowest BCUT2D eigenvalue weighted by molar-refractivity contribution is -0.153. The fraction of sp³-hybridized carbons (Fsp3) is 0.222. The van der Waals surface area contributed by atoms with Gasteiger partial charge in [-0.3, -0.25) is 0 Å². The van der Waals surface area contributed by atoms with Crippen molar-refractivity contribution in [1.29, 1.82) is 5.26 Å². The minimum absolute atomic E-state index is 0.0660. The van der Waals surface area contributed by atoms with Gasteiger partial charge in [-0.05, 0) is 28.1 Å². The summed E-state index contributed by atoms with van der Waals surface area (Å²) in [6.45, 7) is -1.53. The third-order valence-corrected chi connectivity index (χ3v) is 2.14. The minimum atomic E-state index is -4.51. The van der Waals surface area contributed by atoms with E-state index < -0.39 is 18.6 Å². The van der Waals surface area contributed by atoms with Gasteiger partial charge in [-0.15, -0.1) is 0 Å². The van der Waals surface area contributed by atoms with Crippen molar-refractivity contribution >= 4 is 15.9 Å². The number of halogens is 5. The van der Waals surface area contributed by atoms with Gasteiger partial charge >= 0.3 is 6.18 Å². The van der Waals surface area contributed by atoms with E-state index in [4.69, 9.17) is 5.26 Å². The quantitative estimate of drug-likeness (QED) is 0.784. The van der Waals surface area contributed by atoms with Gasteiger partial charge < -0.3 is 4.74 Å². The average molecular weight is 298 g/mol. The van der Waals surface area contributed by atoms with Crippen LogP contribution in [0.5, 0.6) is 5.75 Å². The van der Waals surface area contributed by atoms with Crippen molar-refractivity contribution < 1.29 is 22.3 Å². The molecule has 0 unspecified atom stereocenters. The van der Waals surface area contributed by atoms with Gasteiger partial charge in [0.15, 0.2) is 6.61 Å². The Hall–Kier alpha value is -1.29. The molecule has 0 saturated carbocycles. The smallest absolute Gasteiger partial charge is 0.422 e. The Labute approximate surface area is 96.6 Å². The number of rotatable bonds is 2. The number of nitriles is 1. The first-order chi connectivity index (χ1) is 7.33.